The highest BCUT2D eigenvalue weighted by molar-refractivity contribution is 8.00. The average molecular weight is 465 g/mol. The zero-order chi connectivity index (χ0) is 23.7. The molecule has 0 saturated heterocycles. The van der Waals surface area contributed by atoms with Crippen LogP contribution in [0.4, 0.5) is 5.69 Å². The lowest BCUT2D eigenvalue weighted by Gasteiger charge is -2.17. The van der Waals surface area contributed by atoms with Crippen LogP contribution in [0, 0.1) is 20.8 Å². The van der Waals surface area contributed by atoms with Crippen LogP contribution >= 0.6 is 11.8 Å². The zero-order valence-corrected chi connectivity index (χ0v) is 20.5. The number of carbonyl (C=O) groups excluding carboxylic acids is 1. The molecular formula is C25H28N4O3S. The van der Waals surface area contributed by atoms with Crippen LogP contribution < -0.4 is 14.8 Å². The highest BCUT2D eigenvalue weighted by atomic mass is 32.2. The fraction of sp³-hybridized carbons (Fsp3) is 0.320. The van der Waals surface area contributed by atoms with Crippen molar-refractivity contribution < 1.29 is 14.3 Å². The lowest BCUT2D eigenvalue weighted by molar-refractivity contribution is -0.115. The van der Waals surface area contributed by atoms with Gasteiger partial charge in [0.1, 0.15) is 11.5 Å². The standard InChI is InChI=1S/C25H28N4O3S/c1-7-21(24(30)26-19-13-17(31-5)8-9-20(19)32-6)33-25-28-27-22-12-15(3)18-11-14(2)10-16(4)23(18)29(22)25/h8-13,21H,7H2,1-6H3,(H,26,30). The number of fused-ring (bicyclic) bond motifs is 3. The van der Waals surface area contributed by atoms with Crippen LogP contribution in [0.5, 0.6) is 11.5 Å². The van der Waals surface area contributed by atoms with Gasteiger partial charge >= 0.3 is 0 Å². The highest BCUT2D eigenvalue weighted by Gasteiger charge is 2.23. The molecule has 2 aromatic heterocycles. The number of ether oxygens (including phenoxy) is 2. The van der Waals surface area contributed by atoms with Crippen LogP contribution in [0.15, 0.2) is 41.6 Å². The number of pyridine rings is 1. The van der Waals surface area contributed by atoms with Gasteiger partial charge in [-0.1, -0.05) is 30.3 Å². The van der Waals surface area contributed by atoms with Crippen LogP contribution in [0.2, 0.25) is 0 Å². The van der Waals surface area contributed by atoms with E-state index < -0.39 is 0 Å². The predicted molar refractivity (Wildman–Crippen MR) is 133 cm³/mol. The Morgan fingerprint density at radius 1 is 1.06 bits per heavy atom. The van der Waals surface area contributed by atoms with E-state index in [0.29, 0.717) is 28.8 Å². The van der Waals surface area contributed by atoms with Crippen LogP contribution in [-0.4, -0.2) is 40.0 Å². The number of aryl methyl sites for hydroxylation is 3. The van der Waals surface area contributed by atoms with Crippen molar-refractivity contribution in [2.75, 3.05) is 19.5 Å². The van der Waals surface area contributed by atoms with Crippen LogP contribution in [0.3, 0.4) is 0 Å². The first kappa shape index (κ1) is 22.9. The van der Waals surface area contributed by atoms with Gasteiger partial charge in [-0.05, 0) is 62.6 Å². The summed E-state index contributed by atoms with van der Waals surface area (Å²) in [7, 11) is 3.16. The maximum absolute atomic E-state index is 13.2. The van der Waals surface area contributed by atoms with E-state index in [0.717, 1.165) is 22.3 Å². The summed E-state index contributed by atoms with van der Waals surface area (Å²) >= 11 is 1.41. The summed E-state index contributed by atoms with van der Waals surface area (Å²) < 4.78 is 12.8. The number of benzene rings is 2. The summed E-state index contributed by atoms with van der Waals surface area (Å²) in [5.41, 5.74) is 5.94. The van der Waals surface area contributed by atoms with Crippen molar-refractivity contribution in [2.45, 2.75) is 44.5 Å². The molecule has 7 nitrogen and oxygen atoms in total. The fourth-order valence-electron chi connectivity index (χ4n) is 4.06. The lowest BCUT2D eigenvalue weighted by Crippen LogP contribution is -2.25. The van der Waals surface area contributed by atoms with Crippen molar-refractivity contribution in [1.82, 2.24) is 14.6 Å². The SMILES string of the molecule is CCC(Sc1nnc2cc(C)c3cc(C)cc(C)c3n12)C(=O)Nc1cc(OC)ccc1OC. The second-order valence-electron chi connectivity index (χ2n) is 8.05. The molecule has 2 aromatic carbocycles. The van der Waals surface area contributed by atoms with Gasteiger partial charge < -0.3 is 14.8 Å². The molecule has 8 heteroatoms. The maximum atomic E-state index is 13.2. The van der Waals surface area contributed by atoms with E-state index in [1.54, 1.807) is 32.4 Å². The second kappa shape index (κ2) is 9.31. The molecule has 1 N–H and O–H groups in total. The molecule has 0 fully saturated rings. The van der Waals surface area contributed by atoms with Crippen LogP contribution in [0.25, 0.3) is 16.6 Å². The van der Waals surface area contributed by atoms with Gasteiger partial charge in [0.25, 0.3) is 0 Å². The fourth-order valence-corrected chi connectivity index (χ4v) is 5.03. The average Bonchev–Trinajstić information content (AvgIpc) is 3.19. The molecule has 1 unspecified atom stereocenters. The van der Waals surface area contributed by atoms with E-state index in [2.05, 4.69) is 52.8 Å². The predicted octanol–water partition coefficient (Wildman–Crippen LogP) is 5.33. The van der Waals surface area contributed by atoms with Gasteiger partial charge in [0.05, 0.1) is 30.7 Å². The Labute approximate surface area is 197 Å². The summed E-state index contributed by atoms with van der Waals surface area (Å²) in [5, 5.41) is 13.3. The summed E-state index contributed by atoms with van der Waals surface area (Å²) in [5.74, 6) is 1.09. The Bertz CT molecular complexity index is 1350. The Hall–Kier alpha value is -3.26. The van der Waals surface area contributed by atoms with Crippen molar-refractivity contribution >= 4 is 39.9 Å². The highest BCUT2D eigenvalue weighted by Crippen LogP contribution is 2.33. The van der Waals surface area contributed by atoms with Crippen LogP contribution in [-0.2, 0) is 4.79 Å². The summed E-state index contributed by atoms with van der Waals surface area (Å²) in [6, 6.07) is 11.7. The van der Waals surface area contributed by atoms with Gasteiger partial charge in [0.2, 0.25) is 5.91 Å². The first-order valence-corrected chi connectivity index (χ1v) is 11.7. The number of nitrogens with zero attached hydrogens (tertiary/aromatic N) is 3. The molecule has 0 bridgehead atoms. The number of aromatic nitrogens is 3. The molecule has 4 rings (SSSR count). The van der Waals surface area contributed by atoms with E-state index in [1.807, 2.05) is 13.0 Å². The number of hydrogen-bond acceptors (Lipinski definition) is 6. The molecule has 0 radical (unpaired) electrons. The van der Waals surface area contributed by atoms with Gasteiger partial charge in [0, 0.05) is 11.5 Å². The molecule has 0 spiro atoms. The molecule has 0 saturated carbocycles. The van der Waals surface area contributed by atoms with Crippen LogP contribution in [0.1, 0.15) is 30.0 Å². The number of rotatable bonds is 7. The quantitative estimate of drug-likeness (QED) is 0.372. The van der Waals surface area contributed by atoms with Crippen molar-refractivity contribution in [3.8, 4) is 11.5 Å². The van der Waals surface area contributed by atoms with E-state index in [9.17, 15) is 4.79 Å². The number of hydrogen-bond donors (Lipinski definition) is 1. The minimum atomic E-state index is -0.365. The Kier molecular flexibility index (Phi) is 6.47. The first-order valence-electron chi connectivity index (χ1n) is 10.8. The Balaban J connectivity index is 1.70. The third-order valence-electron chi connectivity index (χ3n) is 5.67. The van der Waals surface area contributed by atoms with E-state index >= 15 is 0 Å². The molecule has 0 aliphatic heterocycles. The summed E-state index contributed by atoms with van der Waals surface area (Å²) in [6.45, 7) is 8.27. The van der Waals surface area contributed by atoms with Crippen molar-refractivity contribution in [2.24, 2.45) is 0 Å². The van der Waals surface area contributed by atoms with E-state index in [-0.39, 0.29) is 11.2 Å². The Morgan fingerprint density at radius 2 is 1.85 bits per heavy atom. The number of amides is 1. The van der Waals surface area contributed by atoms with E-state index in [1.165, 1.54) is 22.7 Å². The van der Waals surface area contributed by atoms with Gasteiger partial charge in [-0.25, -0.2) is 0 Å². The molecule has 172 valence electrons. The Morgan fingerprint density at radius 3 is 2.55 bits per heavy atom. The zero-order valence-electron chi connectivity index (χ0n) is 19.7. The third-order valence-corrected chi connectivity index (χ3v) is 6.98. The molecule has 33 heavy (non-hydrogen) atoms. The van der Waals surface area contributed by atoms with Gasteiger partial charge in [-0.3, -0.25) is 9.20 Å². The maximum Gasteiger partial charge on any atom is 0.238 e. The molecule has 0 aliphatic rings. The van der Waals surface area contributed by atoms with Gasteiger partial charge in [0.15, 0.2) is 10.8 Å². The second-order valence-corrected chi connectivity index (χ2v) is 9.22. The molecule has 1 atom stereocenters. The monoisotopic (exact) mass is 464 g/mol. The number of thioether (sulfide) groups is 1. The third kappa shape index (κ3) is 4.35. The summed E-state index contributed by atoms with van der Waals surface area (Å²) in [4.78, 5) is 13.2. The minimum absolute atomic E-state index is 0.130. The molecule has 4 aromatic rings. The molecule has 0 aliphatic carbocycles. The summed E-state index contributed by atoms with van der Waals surface area (Å²) in [6.07, 6.45) is 0.625. The van der Waals surface area contributed by atoms with Crippen molar-refractivity contribution in [1.29, 1.82) is 0 Å². The van der Waals surface area contributed by atoms with Gasteiger partial charge in [-0.15, -0.1) is 10.2 Å². The topological polar surface area (TPSA) is 77.8 Å². The lowest BCUT2D eigenvalue weighted by atomic mass is 10.0. The normalized spacial score (nSPS) is 12.2. The largest absolute Gasteiger partial charge is 0.497 e. The number of nitrogens with one attached hydrogen (secondary N) is 1. The number of carbonyl (C=O) groups is 1. The molecular weight excluding hydrogens is 436 g/mol. The molecule has 1 amide bonds. The smallest absolute Gasteiger partial charge is 0.238 e. The van der Waals surface area contributed by atoms with Crippen molar-refractivity contribution in [3.05, 3.63) is 53.1 Å². The van der Waals surface area contributed by atoms with Gasteiger partial charge in [-0.2, -0.15) is 0 Å². The minimum Gasteiger partial charge on any atom is -0.497 e. The number of anilines is 1. The first-order chi connectivity index (χ1) is 15.9. The molecule has 2 heterocycles. The van der Waals surface area contributed by atoms with Crippen molar-refractivity contribution in [3.63, 3.8) is 0 Å². The number of methoxy groups -OCH3 is 2. The van der Waals surface area contributed by atoms with E-state index in [4.69, 9.17) is 9.47 Å².